The number of hydrogen-bond donors (Lipinski definition) is 2. The zero-order valence-corrected chi connectivity index (χ0v) is 14.7. The molecule has 5 nitrogen and oxygen atoms in total. The number of aliphatic hydroxyl groups is 1. The van der Waals surface area contributed by atoms with E-state index in [1.54, 1.807) is 12.1 Å². The lowest BCUT2D eigenvalue weighted by atomic mass is 9.93. The van der Waals surface area contributed by atoms with E-state index >= 15 is 0 Å². The molecule has 3 rings (SSSR count). The highest BCUT2D eigenvalue weighted by atomic mass is 16.5. The number of furan rings is 1. The van der Waals surface area contributed by atoms with Gasteiger partial charge in [0.15, 0.2) is 5.76 Å². The first-order valence-electron chi connectivity index (χ1n) is 8.79. The number of aryl methyl sites for hydroxylation is 2. The van der Waals surface area contributed by atoms with Crippen LogP contribution in [0.2, 0.25) is 0 Å². The summed E-state index contributed by atoms with van der Waals surface area (Å²) in [5.41, 5.74) is 2.26. The average Bonchev–Trinajstić information content (AvgIpc) is 3.05. The van der Waals surface area contributed by atoms with Crippen molar-refractivity contribution in [2.45, 2.75) is 58.3 Å². The Bertz CT molecular complexity index is 729. The summed E-state index contributed by atoms with van der Waals surface area (Å²) in [6, 6.07) is 9.56. The van der Waals surface area contributed by atoms with Gasteiger partial charge in [0.05, 0.1) is 6.10 Å². The lowest BCUT2D eigenvalue weighted by Gasteiger charge is -2.25. The summed E-state index contributed by atoms with van der Waals surface area (Å²) in [6.45, 7) is 4.33. The van der Waals surface area contributed by atoms with Crippen LogP contribution in [0.3, 0.4) is 0 Å². The second-order valence-corrected chi connectivity index (χ2v) is 6.80. The third kappa shape index (κ3) is 4.63. The normalized spacial score (nSPS) is 20.3. The van der Waals surface area contributed by atoms with Gasteiger partial charge in [0.1, 0.15) is 18.1 Å². The van der Waals surface area contributed by atoms with Crippen LogP contribution < -0.4 is 10.1 Å². The molecule has 1 aliphatic carbocycles. The van der Waals surface area contributed by atoms with Crippen LogP contribution in [0.25, 0.3) is 0 Å². The Morgan fingerprint density at radius 1 is 1.20 bits per heavy atom. The minimum atomic E-state index is -0.231. The molecule has 1 fully saturated rings. The molecule has 5 heteroatoms. The van der Waals surface area contributed by atoms with Crippen LogP contribution in [-0.4, -0.2) is 23.2 Å². The van der Waals surface area contributed by atoms with Crippen molar-refractivity contribution in [1.82, 2.24) is 5.32 Å². The Hall–Kier alpha value is -2.27. The van der Waals surface area contributed by atoms with Gasteiger partial charge in [-0.2, -0.15) is 0 Å². The molecule has 1 aliphatic rings. The maximum Gasteiger partial charge on any atom is 0.287 e. The molecule has 0 saturated heterocycles. The summed E-state index contributed by atoms with van der Waals surface area (Å²) in [4.78, 5) is 12.3. The van der Waals surface area contributed by atoms with Crippen molar-refractivity contribution in [3.05, 3.63) is 53.0 Å². The molecule has 1 aromatic heterocycles. The van der Waals surface area contributed by atoms with E-state index in [4.69, 9.17) is 9.15 Å². The minimum absolute atomic E-state index is 0.107. The predicted octanol–water partition coefficient (Wildman–Crippen LogP) is 3.51. The van der Waals surface area contributed by atoms with E-state index < -0.39 is 0 Å². The number of carbonyl (C=O) groups is 1. The summed E-state index contributed by atoms with van der Waals surface area (Å²) in [5.74, 6) is 1.52. The van der Waals surface area contributed by atoms with Gasteiger partial charge in [-0.1, -0.05) is 17.7 Å². The number of amides is 1. The molecular formula is C20H25NO4. The molecule has 25 heavy (non-hydrogen) atoms. The molecule has 0 radical (unpaired) electrons. The molecule has 1 heterocycles. The molecule has 2 aromatic rings. The highest BCUT2D eigenvalue weighted by Crippen LogP contribution is 2.21. The SMILES string of the molecule is Cc1ccc(OCc2ccc(C(=O)NC3CCC(O)CC3)o2)c(C)c1. The number of nitrogens with one attached hydrogen (secondary N) is 1. The van der Waals surface area contributed by atoms with E-state index in [0.717, 1.165) is 37.0 Å². The van der Waals surface area contributed by atoms with Crippen molar-refractivity contribution in [3.8, 4) is 5.75 Å². The zero-order chi connectivity index (χ0) is 17.8. The van der Waals surface area contributed by atoms with Crippen LogP contribution >= 0.6 is 0 Å². The van der Waals surface area contributed by atoms with Crippen LogP contribution in [0.1, 0.15) is 53.1 Å². The monoisotopic (exact) mass is 343 g/mol. The molecular weight excluding hydrogens is 318 g/mol. The van der Waals surface area contributed by atoms with Gasteiger partial charge in [-0.25, -0.2) is 0 Å². The van der Waals surface area contributed by atoms with Gasteiger partial charge >= 0.3 is 0 Å². The second kappa shape index (κ2) is 7.74. The van der Waals surface area contributed by atoms with Crippen LogP contribution in [0.15, 0.2) is 34.7 Å². The zero-order valence-electron chi connectivity index (χ0n) is 14.7. The third-order valence-electron chi connectivity index (χ3n) is 4.62. The number of aliphatic hydroxyl groups excluding tert-OH is 1. The minimum Gasteiger partial charge on any atom is -0.485 e. The molecule has 0 bridgehead atoms. The number of carbonyl (C=O) groups excluding carboxylic acids is 1. The molecule has 2 N–H and O–H groups in total. The van der Waals surface area contributed by atoms with Crippen LogP contribution in [0, 0.1) is 13.8 Å². The van der Waals surface area contributed by atoms with Crippen molar-refractivity contribution in [2.24, 2.45) is 0 Å². The van der Waals surface area contributed by atoms with Gasteiger partial charge in [-0.3, -0.25) is 4.79 Å². The maximum atomic E-state index is 12.3. The fraction of sp³-hybridized carbons (Fsp3) is 0.450. The highest BCUT2D eigenvalue weighted by Gasteiger charge is 2.22. The second-order valence-electron chi connectivity index (χ2n) is 6.80. The van der Waals surface area contributed by atoms with Gasteiger partial charge in [0.2, 0.25) is 0 Å². The van der Waals surface area contributed by atoms with Crippen molar-refractivity contribution in [3.63, 3.8) is 0 Å². The van der Waals surface area contributed by atoms with Gasteiger partial charge in [0, 0.05) is 6.04 Å². The number of rotatable bonds is 5. The molecule has 1 aromatic carbocycles. The van der Waals surface area contributed by atoms with Crippen LogP contribution in [0.5, 0.6) is 5.75 Å². The Morgan fingerprint density at radius 2 is 1.96 bits per heavy atom. The van der Waals surface area contributed by atoms with Crippen molar-refractivity contribution in [1.29, 1.82) is 0 Å². The summed E-state index contributed by atoms with van der Waals surface area (Å²) >= 11 is 0. The lowest BCUT2D eigenvalue weighted by Crippen LogP contribution is -2.38. The van der Waals surface area contributed by atoms with Crippen molar-refractivity contribution in [2.75, 3.05) is 0 Å². The van der Waals surface area contributed by atoms with Gasteiger partial charge < -0.3 is 19.6 Å². The average molecular weight is 343 g/mol. The van der Waals surface area contributed by atoms with Crippen molar-refractivity contribution >= 4 is 5.91 Å². The fourth-order valence-corrected chi connectivity index (χ4v) is 3.16. The first kappa shape index (κ1) is 17.5. The van der Waals surface area contributed by atoms with E-state index in [9.17, 15) is 9.90 Å². The lowest BCUT2D eigenvalue weighted by molar-refractivity contribution is 0.0839. The summed E-state index contributed by atoms with van der Waals surface area (Å²) < 4.78 is 11.4. The first-order chi connectivity index (χ1) is 12.0. The summed E-state index contributed by atoms with van der Waals surface area (Å²) in [6.07, 6.45) is 2.84. The maximum absolute atomic E-state index is 12.3. The molecule has 0 aliphatic heterocycles. The predicted molar refractivity (Wildman–Crippen MR) is 94.7 cm³/mol. The van der Waals surface area contributed by atoms with Crippen molar-refractivity contribution < 1.29 is 19.1 Å². The molecule has 0 atom stereocenters. The van der Waals surface area contributed by atoms with E-state index in [1.807, 2.05) is 26.0 Å². The Labute approximate surface area is 148 Å². The molecule has 1 amide bonds. The Morgan fingerprint density at radius 3 is 2.68 bits per heavy atom. The Kier molecular flexibility index (Phi) is 5.43. The standard InChI is InChI=1S/C20H25NO4/c1-13-3-9-18(14(2)11-13)24-12-17-8-10-19(25-17)20(23)21-15-4-6-16(22)7-5-15/h3,8-11,15-16,22H,4-7,12H2,1-2H3,(H,21,23). The van der Waals surface area contributed by atoms with E-state index in [1.165, 1.54) is 5.56 Å². The number of ether oxygens (including phenoxy) is 1. The topological polar surface area (TPSA) is 71.7 Å². The van der Waals surface area contributed by atoms with E-state index in [0.29, 0.717) is 11.5 Å². The van der Waals surface area contributed by atoms with Gasteiger partial charge in [-0.15, -0.1) is 0 Å². The summed E-state index contributed by atoms with van der Waals surface area (Å²) in [5, 5.41) is 12.5. The molecule has 1 saturated carbocycles. The largest absolute Gasteiger partial charge is 0.485 e. The summed E-state index contributed by atoms with van der Waals surface area (Å²) in [7, 11) is 0. The fourth-order valence-electron chi connectivity index (χ4n) is 3.16. The highest BCUT2D eigenvalue weighted by molar-refractivity contribution is 5.91. The smallest absolute Gasteiger partial charge is 0.287 e. The molecule has 0 unspecified atom stereocenters. The van der Waals surface area contributed by atoms with E-state index in [-0.39, 0.29) is 24.7 Å². The molecule has 134 valence electrons. The van der Waals surface area contributed by atoms with Crippen LogP contribution in [-0.2, 0) is 6.61 Å². The number of hydrogen-bond acceptors (Lipinski definition) is 4. The Balaban J connectivity index is 1.54. The van der Waals surface area contributed by atoms with Crippen LogP contribution in [0.4, 0.5) is 0 Å². The third-order valence-corrected chi connectivity index (χ3v) is 4.62. The number of benzene rings is 1. The van der Waals surface area contributed by atoms with E-state index in [2.05, 4.69) is 11.4 Å². The van der Waals surface area contributed by atoms with Gasteiger partial charge in [0.25, 0.3) is 5.91 Å². The molecule has 0 spiro atoms. The first-order valence-corrected chi connectivity index (χ1v) is 8.79. The van der Waals surface area contributed by atoms with Gasteiger partial charge in [-0.05, 0) is 63.3 Å². The quantitative estimate of drug-likeness (QED) is 0.871.